The summed E-state index contributed by atoms with van der Waals surface area (Å²) < 4.78 is 13.4. The Labute approximate surface area is 111 Å². The van der Waals surface area contributed by atoms with Crippen LogP contribution in [0.1, 0.15) is 12.8 Å². The zero-order valence-electron chi connectivity index (χ0n) is 11.2. The molecular weight excluding hydrogens is 249 g/mol. The van der Waals surface area contributed by atoms with Crippen LogP contribution in [0, 0.1) is 15.9 Å². The topological polar surface area (TPSA) is 49.6 Å². The van der Waals surface area contributed by atoms with Crippen LogP contribution in [0.25, 0.3) is 0 Å². The lowest BCUT2D eigenvalue weighted by atomic mass is 10.0. The van der Waals surface area contributed by atoms with Crippen molar-refractivity contribution in [2.75, 3.05) is 32.1 Å². The van der Waals surface area contributed by atoms with Crippen molar-refractivity contribution in [3.63, 3.8) is 0 Å². The number of hydrogen-bond acceptors (Lipinski definition) is 4. The highest BCUT2D eigenvalue weighted by molar-refractivity contribution is 5.53. The maximum absolute atomic E-state index is 13.4. The van der Waals surface area contributed by atoms with Crippen molar-refractivity contribution in [3.8, 4) is 0 Å². The third-order valence-corrected chi connectivity index (χ3v) is 3.72. The van der Waals surface area contributed by atoms with Crippen molar-refractivity contribution in [3.05, 3.63) is 34.1 Å². The fourth-order valence-electron chi connectivity index (χ4n) is 2.46. The van der Waals surface area contributed by atoms with E-state index in [2.05, 4.69) is 11.9 Å². The molecule has 5 nitrogen and oxygen atoms in total. The third-order valence-electron chi connectivity index (χ3n) is 3.72. The molecule has 2 rings (SSSR count). The highest BCUT2D eigenvalue weighted by Crippen LogP contribution is 2.26. The van der Waals surface area contributed by atoms with E-state index in [0.29, 0.717) is 11.7 Å². The Hall–Kier alpha value is -1.69. The second-order valence-corrected chi connectivity index (χ2v) is 5.07. The molecule has 104 valence electrons. The molecule has 0 aliphatic carbocycles. The monoisotopic (exact) mass is 267 g/mol. The van der Waals surface area contributed by atoms with Crippen LogP contribution in [0.2, 0.25) is 0 Å². The van der Waals surface area contributed by atoms with Crippen LogP contribution in [0.4, 0.5) is 15.8 Å². The van der Waals surface area contributed by atoms with Gasteiger partial charge in [0.1, 0.15) is 5.82 Å². The van der Waals surface area contributed by atoms with Gasteiger partial charge in [-0.1, -0.05) is 0 Å². The van der Waals surface area contributed by atoms with Gasteiger partial charge in [-0.2, -0.15) is 0 Å². The van der Waals surface area contributed by atoms with Crippen LogP contribution in [-0.4, -0.2) is 43.0 Å². The predicted octanol–water partition coefficient (Wildman–Crippen LogP) is 2.26. The van der Waals surface area contributed by atoms with Crippen molar-refractivity contribution in [1.82, 2.24) is 4.90 Å². The predicted molar refractivity (Wildman–Crippen MR) is 72.0 cm³/mol. The molecule has 0 aromatic heterocycles. The van der Waals surface area contributed by atoms with E-state index in [0.717, 1.165) is 32.0 Å². The molecule has 1 aromatic carbocycles. The van der Waals surface area contributed by atoms with Gasteiger partial charge in [0.25, 0.3) is 5.69 Å². The summed E-state index contributed by atoms with van der Waals surface area (Å²) in [5.41, 5.74) is 0.371. The maximum Gasteiger partial charge on any atom is 0.274 e. The first-order chi connectivity index (χ1) is 8.97. The van der Waals surface area contributed by atoms with E-state index in [1.807, 2.05) is 11.9 Å². The van der Waals surface area contributed by atoms with E-state index >= 15 is 0 Å². The van der Waals surface area contributed by atoms with Crippen LogP contribution < -0.4 is 4.90 Å². The van der Waals surface area contributed by atoms with E-state index in [1.54, 1.807) is 0 Å². The van der Waals surface area contributed by atoms with Crippen molar-refractivity contribution in [2.24, 2.45) is 0 Å². The average molecular weight is 267 g/mol. The van der Waals surface area contributed by atoms with E-state index < -0.39 is 10.7 Å². The number of hydrogen-bond donors (Lipinski definition) is 0. The van der Waals surface area contributed by atoms with Gasteiger partial charge in [-0.25, -0.2) is 4.39 Å². The molecule has 0 atom stereocenters. The number of halogens is 1. The van der Waals surface area contributed by atoms with Gasteiger partial charge in [0, 0.05) is 24.8 Å². The van der Waals surface area contributed by atoms with Gasteiger partial charge in [0.15, 0.2) is 0 Å². The Morgan fingerprint density at radius 2 is 2.00 bits per heavy atom. The Morgan fingerprint density at radius 3 is 2.58 bits per heavy atom. The number of non-ortho nitro benzene ring substituents is 1. The number of benzene rings is 1. The summed E-state index contributed by atoms with van der Waals surface area (Å²) in [6.07, 6.45) is 1.97. The molecule has 0 unspecified atom stereocenters. The summed E-state index contributed by atoms with van der Waals surface area (Å²) in [6, 6.07) is 4.04. The molecule has 1 aliphatic heterocycles. The normalized spacial score (nSPS) is 17.4. The third kappa shape index (κ3) is 3.20. The van der Waals surface area contributed by atoms with E-state index in [-0.39, 0.29) is 5.69 Å². The minimum atomic E-state index is -0.566. The minimum absolute atomic E-state index is 0.199. The van der Waals surface area contributed by atoms with Crippen LogP contribution in [0.3, 0.4) is 0 Å². The summed E-state index contributed by atoms with van der Waals surface area (Å²) in [4.78, 5) is 14.4. The Kier molecular flexibility index (Phi) is 3.99. The highest BCUT2D eigenvalue weighted by Gasteiger charge is 2.22. The van der Waals surface area contributed by atoms with Crippen LogP contribution in [0.15, 0.2) is 18.2 Å². The van der Waals surface area contributed by atoms with Crippen LogP contribution in [0.5, 0.6) is 0 Å². The summed E-state index contributed by atoms with van der Waals surface area (Å²) in [5, 5.41) is 10.8. The first-order valence-electron chi connectivity index (χ1n) is 6.33. The summed E-state index contributed by atoms with van der Waals surface area (Å²) >= 11 is 0. The fraction of sp³-hybridized carbons (Fsp3) is 0.538. The van der Waals surface area contributed by atoms with Gasteiger partial charge >= 0.3 is 0 Å². The number of rotatable bonds is 3. The van der Waals surface area contributed by atoms with Gasteiger partial charge in [-0.3, -0.25) is 10.1 Å². The van der Waals surface area contributed by atoms with E-state index in [9.17, 15) is 14.5 Å². The molecule has 1 saturated heterocycles. The van der Waals surface area contributed by atoms with E-state index in [4.69, 9.17) is 0 Å². The average Bonchev–Trinajstić information content (AvgIpc) is 2.38. The van der Waals surface area contributed by atoms with E-state index in [1.165, 1.54) is 12.1 Å². The van der Waals surface area contributed by atoms with Crippen molar-refractivity contribution < 1.29 is 9.31 Å². The summed E-state index contributed by atoms with van der Waals surface area (Å²) in [7, 11) is 3.94. The smallest absolute Gasteiger partial charge is 0.274 e. The molecule has 0 radical (unpaired) electrons. The number of piperidine rings is 1. The summed E-state index contributed by atoms with van der Waals surface area (Å²) in [5.74, 6) is -0.566. The molecule has 6 heteroatoms. The molecule has 1 heterocycles. The fourth-order valence-corrected chi connectivity index (χ4v) is 2.46. The SMILES string of the molecule is CN1CCC(N(C)c2cc(F)cc([N+](=O)[O-])c2)CC1. The van der Waals surface area contributed by atoms with Gasteiger partial charge in [0.2, 0.25) is 0 Å². The first kappa shape index (κ1) is 13.7. The second kappa shape index (κ2) is 5.52. The molecule has 0 bridgehead atoms. The maximum atomic E-state index is 13.4. The molecule has 0 saturated carbocycles. The molecule has 0 amide bonds. The van der Waals surface area contributed by atoms with Gasteiger partial charge in [0.05, 0.1) is 11.0 Å². The van der Waals surface area contributed by atoms with Crippen molar-refractivity contribution in [2.45, 2.75) is 18.9 Å². The second-order valence-electron chi connectivity index (χ2n) is 5.07. The van der Waals surface area contributed by atoms with Crippen molar-refractivity contribution in [1.29, 1.82) is 0 Å². The minimum Gasteiger partial charge on any atom is -0.371 e. The number of nitro groups is 1. The number of anilines is 1. The highest BCUT2D eigenvalue weighted by atomic mass is 19.1. The zero-order chi connectivity index (χ0) is 14.0. The number of nitrogens with zero attached hydrogens (tertiary/aromatic N) is 3. The Morgan fingerprint density at radius 1 is 1.37 bits per heavy atom. The number of nitro benzene ring substituents is 1. The lowest BCUT2D eigenvalue weighted by Crippen LogP contribution is -2.42. The lowest BCUT2D eigenvalue weighted by Gasteiger charge is -2.36. The van der Waals surface area contributed by atoms with Crippen molar-refractivity contribution >= 4 is 11.4 Å². The molecular formula is C13H18FN3O2. The van der Waals surface area contributed by atoms with Gasteiger partial charge in [-0.15, -0.1) is 0 Å². The van der Waals surface area contributed by atoms with Crippen LogP contribution in [-0.2, 0) is 0 Å². The number of likely N-dealkylation sites (tertiary alicyclic amines) is 1. The molecule has 1 aliphatic rings. The quantitative estimate of drug-likeness (QED) is 0.622. The first-order valence-corrected chi connectivity index (χ1v) is 6.33. The standard InChI is InChI=1S/C13H18FN3O2/c1-15-5-3-11(4-6-15)16(2)12-7-10(14)8-13(9-12)17(18)19/h7-9,11H,3-6H2,1-2H3. The van der Waals surface area contributed by atoms with Crippen LogP contribution >= 0.6 is 0 Å². The summed E-state index contributed by atoms with van der Waals surface area (Å²) in [6.45, 7) is 1.98. The van der Waals surface area contributed by atoms with Gasteiger partial charge in [-0.05, 0) is 39.0 Å². The Bertz CT molecular complexity index is 473. The molecule has 1 aromatic rings. The Balaban J connectivity index is 2.18. The lowest BCUT2D eigenvalue weighted by molar-refractivity contribution is -0.385. The van der Waals surface area contributed by atoms with Gasteiger partial charge < -0.3 is 9.80 Å². The largest absolute Gasteiger partial charge is 0.371 e. The molecule has 0 N–H and O–H groups in total. The molecule has 19 heavy (non-hydrogen) atoms. The molecule has 1 fully saturated rings. The molecule has 0 spiro atoms. The zero-order valence-corrected chi connectivity index (χ0v) is 11.2.